The van der Waals surface area contributed by atoms with E-state index in [0.29, 0.717) is 12.8 Å². The summed E-state index contributed by atoms with van der Waals surface area (Å²) in [6.07, 6.45) is 2.23. The van der Waals surface area contributed by atoms with Crippen LogP contribution in [-0.4, -0.2) is 48.7 Å². The minimum Gasteiger partial charge on any atom is -0.277 e. The molecule has 20 heavy (non-hydrogen) atoms. The molecule has 2 aliphatic heterocycles. The Bertz CT molecular complexity index is 579. The van der Waals surface area contributed by atoms with E-state index >= 15 is 0 Å². The van der Waals surface area contributed by atoms with Crippen LogP contribution >= 0.6 is 0 Å². The maximum Gasteiger partial charge on any atom is 0.331 e. The minimum absolute atomic E-state index is 0.0182. The molecule has 1 spiro atoms. The predicted octanol–water partition coefficient (Wildman–Crippen LogP) is -0.188. The van der Waals surface area contributed by atoms with Gasteiger partial charge in [-0.1, -0.05) is 6.42 Å². The average Bonchev–Trinajstić information content (AvgIpc) is 2.29. The second-order valence-electron chi connectivity index (χ2n) is 5.75. The molecule has 8 heteroatoms. The van der Waals surface area contributed by atoms with Crippen LogP contribution in [0, 0.1) is 5.41 Å². The number of hydrogen-bond donors (Lipinski definition) is 1. The molecule has 2 heterocycles. The maximum atomic E-state index is 12.5. The zero-order valence-electron chi connectivity index (χ0n) is 10.9. The van der Waals surface area contributed by atoms with Crippen LogP contribution in [0.2, 0.25) is 0 Å². The first-order chi connectivity index (χ1) is 9.36. The number of urea groups is 1. The van der Waals surface area contributed by atoms with Crippen molar-refractivity contribution in [2.24, 2.45) is 5.41 Å². The molecule has 1 aliphatic carbocycles. The molecule has 3 fully saturated rings. The number of hydrogen-bond acceptors (Lipinski definition) is 5. The van der Waals surface area contributed by atoms with Crippen LogP contribution in [0.15, 0.2) is 0 Å². The number of rotatable bonds is 1. The maximum absolute atomic E-state index is 12.5. The van der Waals surface area contributed by atoms with Crippen molar-refractivity contribution in [3.63, 3.8) is 0 Å². The van der Waals surface area contributed by atoms with Crippen LogP contribution in [0.1, 0.15) is 32.1 Å². The van der Waals surface area contributed by atoms with Crippen molar-refractivity contribution in [1.82, 2.24) is 10.2 Å². The Labute approximate surface area is 116 Å². The number of nitrogens with zero attached hydrogens (tertiary/aromatic N) is 1. The molecule has 1 N–H and O–H groups in total. The number of imide groups is 2. The number of carbonyl (C=O) groups is 3. The summed E-state index contributed by atoms with van der Waals surface area (Å²) in [6, 6.07) is -1.13. The summed E-state index contributed by atoms with van der Waals surface area (Å²) >= 11 is 0. The highest BCUT2D eigenvalue weighted by molar-refractivity contribution is 7.91. The molecule has 7 nitrogen and oxygen atoms in total. The van der Waals surface area contributed by atoms with Crippen molar-refractivity contribution in [3.05, 3.63) is 0 Å². The van der Waals surface area contributed by atoms with Gasteiger partial charge in [0.05, 0.1) is 11.5 Å². The minimum atomic E-state index is -3.06. The lowest BCUT2D eigenvalue weighted by atomic mass is 9.66. The van der Waals surface area contributed by atoms with Gasteiger partial charge in [-0.3, -0.25) is 19.8 Å². The first-order valence-electron chi connectivity index (χ1n) is 6.75. The molecular formula is C12H16N2O5S. The zero-order valence-corrected chi connectivity index (χ0v) is 11.7. The lowest BCUT2D eigenvalue weighted by Crippen LogP contribution is -2.68. The van der Waals surface area contributed by atoms with Crippen molar-refractivity contribution in [2.45, 2.75) is 38.1 Å². The van der Waals surface area contributed by atoms with Crippen molar-refractivity contribution in [1.29, 1.82) is 0 Å². The highest BCUT2D eigenvalue weighted by Gasteiger charge is 2.58. The van der Waals surface area contributed by atoms with E-state index in [4.69, 9.17) is 0 Å². The van der Waals surface area contributed by atoms with Crippen LogP contribution in [-0.2, 0) is 19.4 Å². The molecule has 0 bridgehead atoms. The van der Waals surface area contributed by atoms with Gasteiger partial charge in [0.25, 0.3) is 0 Å². The summed E-state index contributed by atoms with van der Waals surface area (Å²) in [4.78, 5) is 37.4. The molecule has 0 aromatic rings. The van der Waals surface area contributed by atoms with Gasteiger partial charge in [-0.15, -0.1) is 0 Å². The van der Waals surface area contributed by atoms with E-state index in [2.05, 4.69) is 5.32 Å². The third kappa shape index (κ3) is 1.85. The van der Waals surface area contributed by atoms with Gasteiger partial charge in [-0.25, -0.2) is 13.2 Å². The number of barbiturate groups is 1. The predicted molar refractivity (Wildman–Crippen MR) is 68.3 cm³/mol. The summed E-state index contributed by atoms with van der Waals surface area (Å²) in [6.45, 7) is 0. The molecule has 0 atom stereocenters. The first kappa shape index (κ1) is 13.5. The van der Waals surface area contributed by atoms with Crippen LogP contribution in [0.3, 0.4) is 0 Å². The van der Waals surface area contributed by atoms with E-state index in [0.717, 1.165) is 11.3 Å². The standard InChI is InChI=1S/C12H16N2O5S/c15-9-12(4-1-5-12)10(16)14(11(17)13-9)8-2-6-20(18,19)7-3-8/h8H,1-7H2,(H,13,15,17). The van der Waals surface area contributed by atoms with Crippen molar-refractivity contribution in [2.75, 3.05) is 11.5 Å². The number of sulfone groups is 1. The average molecular weight is 300 g/mol. The molecule has 3 rings (SSSR count). The second-order valence-corrected chi connectivity index (χ2v) is 8.06. The summed E-state index contributed by atoms with van der Waals surface area (Å²) in [5.74, 6) is -0.981. The Morgan fingerprint density at radius 1 is 1.10 bits per heavy atom. The molecule has 3 aliphatic rings. The highest BCUT2D eigenvalue weighted by atomic mass is 32.2. The third-order valence-corrected chi connectivity index (χ3v) is 6.31. The normalized spacial score (nSPS) is 29.2. The molecule has 0 radical (unpaired) electrons. The second kappa shape index (κ2) is 4.28. The summed E-state index contributed by atoms with van der Waals surface area (Å²) in [5, 5.41) is 2.25. The van der Waals surface area contributed by atoms with E-state index in [1.807, 2.05) is 0 Å². The Balaban J connectivity index is 1.84. The van der Waals surface area contributed by atoms with E-state index in [-0.39, 0.29) is 24.3 Å². The molecule has 2 saturated heterocycles. The van der Waals surface area contributed by atoms with Gasteiger partial charge >= 0.3 is 6.03 Å². The zero-order chi connectivity index (χ0) is 14.5. The Hall–Kier alpha value is -1.44. The van der Waals surface area contributed by atoms with Gasteiger partial charge in [-0.2, -0.15) is 0 Å². The van der Waals surface area contributed by atoms with Crippen molar-refractivity contribution < 1.29 is 22.8 Å². The largest absolute Gasteiger partial charge is 0.331 e. The van der Waals surface area contributed by atoms with Crippen LogP contribution in [0.5, 0.6) is 0 Å². The highest BCUT2D eigenvalue weighted by Crippen LogP contribution is 2.45. The molecule has 0 aromatic heterocycles. The molecule has 0 unspecified atom stereocenters. The first-order valence-corrected chi connectivity index (χ1v) is 8.57. The monoisotopic (exact) mass is 300 g/mol. The van der Waals surface area contributed by atoms with E-state index in [1.165, 1.54) is 0 Å². The topological polar surface area (TPSA) is 101 Å². The summed E-state index contributed by atoms with van der Waals surface area (Å²) in [5.41, 5.74) is -1.08. The van der Waals surface area contributed by atoms with Crippen LogP contribution in [0.25, 0.3) is 0 Å². The summed E-state index contributed by atoms with van der Waals surface area (Å²) < 4.78 is 22.9. The van der Waals surface area contributed by atoms with E-state index in [9.17, 15) is 22.8 Å². The number of amides is 4. The smallest absolute Gasteiger partial charge is 0.277 e. The molecular weight excluding hydrogens is 284 g/mol. The molecule has 0 aromatic carbocycles. The van der Waals surface area contributed by atoms with Gasteiger partial charge in [0.1, 0.15) is 15.3 Å². The van der Waals surface area contributed by atoms with Crippen LogP contribution < -0.4 is 5.32 Å². The van der Waals surface area contributed by atoms with E-state index in [1.54, 1.807) is 0 Å². The fraction of sp³-hybridized carbons (Fsp3) is 0.750. The van der Waals surface area contributed by atoms with Gasteiger partial charge in [0.2, 0.25) is 11.8 Å². The Kier molecular flexibility index (Phi) is 2.89. The van der Waals surface area contributed by atoms with Crippen molar-refractivity contribution in [3.8, 4) is 0 Å². The lowest BCUT2D eigenvalue weighted by Gasteiger charge is -2.47. The van der Waals surface area contributed by atoms with E-state index < -0.39 is 39.1 Å². The SMILES string of the molecule is O=C1NC(=O)C2(CCC2)C(=O)N1C1CCS(=O)(=O)CC1. The van der Waals surface area contributed by atoms with Gasteiger partial charge in [-0.05, 0) is 25.7 Å². The van der Waals surface area contributed by atoms with Gasteiger partial charge < -0.3 is 0 Å². The van der Waals surface area contributed by atoms with Crippen LogP contribution in [0.4, 0.5) is 4.79 Å². The fourth-order valence-electron chi connectivity index (χ4n) is 3.14. The molecule has 110 valence electrons. The number of nitrogens with one attached hydrogen (secondary N) is 1. The quantitative estimate of drug-likeness (QED) is 0.677. The summed E-state index contributed by atoms with van der Waals surface area (Å²) in [7, 11) is -3.06. The number of carbonyl (C=O) groups excluding carboxylic acids is 3. The Morgan fingerprint density at radius 3 is 2.20 bits per heavy atom. The molecule has 4 amide bonds. The van der Waals surface area contributed by atoms with Gasteiger partial charge in [0, 0.05) is 6.04 Å². The molecule has 1 saturated carbocycles. The lowest BCUT2D eigenvalue weighted by molar-refractivity contribution is -0.159. The van der Waals surface area contributed by atoms with Gasteiger partial charge in [0.15, 0.2) is 0 Å². The Morgan fingerprint density at radius 2 is 1.70 bits per heavy atom. The third-order valence-electron chi connectivity index (χ3n) is 4.60. The fourth-order valence-corrected chi connectivity index (χ4v) is 4.60. The van der Waals surface area contributed by atoms with Crippen molar-refractivity contribution >= 4 is 27.7 Å².